The molecule has 0 aliphatic heterocycles. The third-order valence-electron chi connectivity index (χ3n) is 3.48. The van der Waals surface area contributed by atoms with E-state index in [0.717, 1.165) is 17.0 Å². The normalized spacial score (nSPS) is 11.3. The molecule has 6 nitrogen and oxygen atoms in total. The average molecular weight is 325 g/mol. The van der Waals surface area contributed by atoms with Gasteiger partial charge < -0.3 is 5.32 Å². The molecule has 0 unspecified atom stereocenters. The van der Waals surface area contributed by atoms with Crippen molar-refractivity contribution in [3.05, 3.63) is 65.0 Å². The number of hydrogen-bond donors (Lipinski definition) is 1. The maximum absolute atomic E-state index is 12.8. The van der Waals surface area contributed by atoms with Crippen LogP contribution in [-0.4, -0.2) is 25.5 Å². The molecule has 0 saturated heterocycles. The highest BCUT2D eigenvalue weighted by Gasteiger charge is 2.10. The molecule has 2 aromatic heterocycles. The van der Waals surface area contributed by atoms with Crippen LogP contribution in [0.1, 0.15) is 22.8 Å². The lowest BCUT2D eigenvalue weighted by molar-refractivity contribution is -0.116. The highest BCUT2D eigenvalue weighted by Crippen LogP contribution is 2.08. The molecule has 7 heteroatoms. The van der Waals surface area contributed by atoms with E-state index in [0.29, 0.717) is 11.6 Å². The van der Waals surface area contributed by atoms with E-state index in [4.69, 9.17) is 0 Å². The van der Waals surface area contributed by atoms with Crippen LogP contribution in [0.4, 0.5) is 4.39 Å². The van der Waals surface area contributed by atoms with Crippen molar-refractivity contribution < 1.29 is 9.18 Å². The SMILES string of the molecule is Cc1cc(C)n2c(CNC(=O)/C=C/c3ccc(F)cc3)nnc2n1. The first-order valence-corrected chi connectivity index (χ1v) is 7.42. The minimum absolute atomic E-state index is 0.235. The number of carbonyl (C=O) groups excluding carboxylic acids is 1. The van der Waals surface area contributed by atoms with Gasteiger partial charge in [-0.25, -0.2) is 9.37 Å². The molecule has 24 heavy (non-hydrogen) atoms. The van der Waals surface area contributed by atoms with Crippen LogP contribution in [0.15, 0.2) is 36.4 Å². The summed E-state index contributed by atoms with van der Waals surface area (Å²) in [5.74, 6) is 0.542. The Hall–Kier alpha value is -3.09. The van der Waals surface area contributed by atoms with Gasteiger partial charge in [0.25, 0.3) is 5.78 Å². The molecule has 0 saturated carbocycles. The first-order chi connectivity index (χ1) is 11.5. The average Bonchev–Trinajstić information content (AvgIpc) is 2.95. The predicted molar refractivity (Wildman–Crippen MR) is 87.5 cm³/mol. The highest BCUT2D eigenvalue weighted by molar-refractivity contribution is 5.91. The lowest BCUT2D eigenvalue weighted by Crippen LogP contribution is -2.22. The van der Waals surface area contributed by atoms with E-state index >= 15 is 0 Å². The van der Waals surface area contributed by atoms with E-state index in [2.05, 4.69) is 20.5 Å². The van der Waals surface area contributed by atoms with Gasteiger partial charge in [0, 0.05) is 17.5 Å². The number of carbonyl (C=O) groups is 1. The quantitative estimate of drug-likeness (QED) is 0.747. The molecule has 3 rings (SSSR count). The Balaban J connectivity index is 1.67. The fourth-order valence-corrected chi connectivity index (χ4v) is 2.38. The topological polar surface area (TPSA) is 72.2 Å². The fourth-order valence-electron chi connectivity index (χ4n) is 2.38. The standard InChI is InChI=1S/C17H16FN5O/c1-11-9-12(2)23-15(21-22-17(23)20-11)10-19-16(24)8-5-13-3-6-14(18)7-4-13/h3-9H,10H2,1-2H3,(H,19,24)/b8-5+. The van der Waals surface area contributed by atoms with Crippen molar-refractivity contribution in [3.63, 3.8) is 0 Å². The Kier molecular flexibility index (Phi) is 4.33. The van der Waals surface area contributed by atoms with Crippen molar-refractivity contribution in [1.82, 2.24) is 24.9 Å². The summed E-state index contributed by atoms with van der Waals surface area (Å²) in [4.78, 5) is 16.2. The number of aryl methyl sites for hydroxylation is 2. The summed E-state index contributed by atoms with van der Waals surface area (Å²) in [5.41, 5.74) is 2.56. The van der Waals surface area contributed by atoms with Gasteiger partial charge in [-0.3, -0.25) is 9.20 Å². The van der Waals surface area contributed by atoms with Gasteiger partial charge >= 0.3 is 0 Å². The molecule has 1 N–H and O–H groups in total. The number of hydrogen-bond acceptors (Lipinski definition) is 4. The van der Waals surface area contributed by atoms with Crippen molar-refractivity contribution in [2.45, 2.75) is 20.4 Å². The van der Waals surface area contributed by atoms with E-state index in [-0.39, 0.29) is 18.3 Å². The van der Waals surface area contributed by atoms with Crippen LogP contribution < -0.4 is 5.32 Å². The van der Waals surface area contributed by atoms with Crippen molar-refractivity contribution in [2.24, 2.45) is 0 Å². The third-order valence-corrected chi connectivity index (χ3v) is 3.48. The molecular weight excluding hydrogens is 309 g/mol. The molecule has 1 amide bonds. The van der Waals surface area contributed by atoms with Crippen LogP contribution in [0.5, 0.6) is 0 Å². The minimum atomic E-state index is -0.311. The van der Waals surface area contributed by atoms with Crippen LogP contribution in [0.3, 0.4) is 0 Å². The molecule has 122 valence electrons. The Labute approximate surface area is 138 Å². The summed E-state index contributed by atoms with van der Waals surface area (Å²) in [5, 5.41) is 10.8. The smallest absolute Gasteiger partial charge is 0.255 e. The number of fused-ring (bicyclic) bond motifs is 1. The molecule has 0 atom stereocenters. The largest absolute Gasteiger partial charge is 0.345 e. The molecule has 2 heterocycles. The van der Waals surface area contributed by atoms with Crippen molar-refractivity contribution in [2.75, 3.05) is 0 Å². The van der Waals surface area contributed by atoms with Crippen LogP contribution in [0.2, 0.25) is 0 Å². The lowest BCUT2D eigenvalue weighted by atomic mass is 10.2. The van der Waals surface area contributed by atoms with Crippen molar-refractivity contribution >= 4 is 17.8 Å². The second-order valence-electron chi connectivity index (χ2n) is 5.39. The fraction of sp³-hybridized carbons (Fsp3) is 0.176. The molecule has 0 spiro atoms. The van der Waals surface area contributed by atoms with E-state index in [9.17, 15) is 9.18 Å². The number of rotatable bonds is 4. The Bertz CT molecular complexity index is 915. The Morgan fingerprint density at radius 3 is 2.75 bits per heavy atom. The maximum Gasteiger partial charge on any atom is 0.255 e. The molecule has 0 radical (unpaired) electrons. The van der Waals surface area contributed by atoms with E-state index in [1.807, 2.05) is 19.9 Å². The van der Waals surface area contributed by atoms with Gasteiger partial charge in [0.2, 0.25) is 5.91 Å². The zero-order chi connectivity index (χ0) is 17.1. The number of amides is 1. The van der Waals surface area contributed by atoms with Crippen LogP contribution in [0, 0.1) is 19.7 Å². The highest BCUT2D eigenvalue weighted by atomic mass is 19.1. The van der Waals surface area contributed by atoms with Crippen LogP contribution >= 0.6 is 0 Å². The third kappa shape index (κ3) is 3.45. The molecule has 1 aromatic carbocycles. The van der Waals surface area contributed by atoms with Crippen LogP contribution in [-0.2, 0) is 11.3 Å². The summed E-state index contributed by atoms with van der Waals surface area (Å²) in [6.07, 6.45) is 3.01. The zero-order valence-corrected chi connectivity index (χ0v) is 13.3. The number of halogens is 1. The first-order valence-electron chi connectivity index (χ1n) is 7.42. The van der Waals surface area contributed by atoms with E-state index < -0.39 is 0 Å². The first kappa shape index (κ1) is 15.8. The summed E-state index contributed by atoms with van der Waals surface area (Å²) >= 11 is 0. The van der Waals surface area contributed by atoms with Gasteiger partial charge in [0.15, 0.2) is 5.82 Å². The molecule has 0 bridgehead atoms. The van der Waals surface area contributed by atoms with Gasteiger partial charge in [0.1, 0.15) is 5.82 Å². The second-order valence-corrected chi connectivity index (χ2v) is 5.39. The molecule has 0 fully saturated rings. The summed E-state index contributed by atoms with van der Waals surface area (Å²) in [6, 6.07) is 7.82. The van der Waals surface area contributed by atoms with Crippen molar-refractivity contribution in [1.29, 1.82) is 0 Å². The maximum atomic E-state index is 12.8. The van der Waals surface area contributed by atoms with E-state index in [1.54, 1.807) is 22.6 Å². The number of nitrogens with one attached hydrogen (secondary N) is 1. The summed E-state index contributed by atoms with van der Waals surface area (Å²) in [6.45, 7) is 4.06. The monoisotopic (exact) mass is 325 g/mol. The van der Waals surface area contributed by atoms with Gasteiger partial charge in [-0.1, -0.05) is 12.1 Å². The number of nitrogens with zero attached hydrogens (tertiary/aromatic N) is 4. The summed E-state index contributed by atoms with van der Waals surface area (Å²) < 4.78 is 14.6. The Morgan fingerprint density at radius 2 is 2.00 bits per heavy atom. The van der Waals surface area contributed by atoms with Gasteiger partial charge in [-0.05, 0) is 43.7 Å². The molecular formula is C17H16FN5O. The lowest BCUT2D eigenvalue weighted by Gasteiger charge is -2.04. The molecule has 0 aliphatic carbocycles. The van der Waals surface area contributed by atoms with Gasteiger partial charge in [-0.15, -0.1) is 10.2 Å². The number of benzene rings is 1. The second kappa shape index (κ2) is 6.57. The summed E-state index contributed by atoms with van der Waals surface area (Å²) in [7, 11) is 0. The Morgan fingerprint density at radius 1 is 1.25 bits per heavy atom. The van der Waals surface area contributed by atoms with Gasteiger partial charge in [-0.2, -0.15) is 0 Å². The molecule has 3 aromatic rings. The predicted octanol–water partition coefficient (Wildman–Crippen LogP) is 2.21. The van der Waals surface area contributed by atoms with Gasteiger partial charge in [0.05, 0.1) is 6.54 Å². The van der Waals surface area contributed by atoms with E-state index in [1.165, 1.54) is 18.2 Å². The van der Waals surface area contributed by atoms with Crippen LogP contribution in [0.25, 0.3) is 11.9 Å². The number of aromatic nitrogens is 4. The minimum Gasteiger partial charge on any atom is -0.345 e. The molecule has 0 aliphatic rings. The zero-order valence-electron chi connectivity index (χ0n) is 13.3. The van der Waals surface area contributed by atoms with Crippen molar-refractivity contribution in [3.8, 4) is 0 Å².